The smallest absolute Gasteiger partial charge is 0.410 e. The van der Waals surface area contributed by atoms with E-state index in [0.717, 1.165) is 6.20 Å². The Morgan fingerprint density at radius 1 is 1.19 bits per heavy atom. The Kier molecular flexibility index (Phi) is 7.69. The average molecular weight is 543 g/mol. The van der Waals surface area contributed by atoms with E-state index >= 15 is 0 Å². The van der Waals surface area contributed by atoms with Crippen LogP contribution in [0.15, 0.2) is 18.3 Å². The molecule has 2 bridgehead atoms. The molecule has 4 rings (SSSR count). The Labute approximate surface area is 217 Å². The summed E-state index contributed by atoms with van der Waals surface area (Å²) in [7, 11) is -4.06. The van der Waals surface area contributed by atoms with E-state index in [0.29, 0.717) is 19.3 Å². The lowest BCUT2D eigenvalue weighted by atomic mass is 9.97. The van der Waals surface area contributed by atoms with E-state index < -0.39 is 45.3 Å². The Balaban J connectivity index is 1.51. The predicted octanol–water partition coefficient (Wildman–Crippen LogP) is 2.33. The Bertz CT molecular complexity index is 1100. The molecule has 1 aromatic heterocycles. The fourth-order valence-corrected chi connectivity index (χ4v) is 7.37. The number of carbonyl (C=O) groups excluding carboxylic acids is 2. The number of pyridine rings is 1. The van der Waals surface area contributed by atoms with Crippen LogP contribution in [0, 0.1) is 5.82 Å². The summed E-state index contributed by atoms with van der Waals surface area (Å²) in [5.41, 5.74) is -2.24. The van der Waals surface area contributed by atoms with Crippen LogP contribution >= 0.6 is 0 Å². The summed E-state index contributed by atoms with van der Waals surface area (Å²) in [6.45, 7) is 7.37. The summed E-state index contributed by atoms with van der Waals surface area (Å²) in [5, 5.41) is 0. The molecule has 3 fully saturated rings. The molecule has 206 valence electrons. The summed E-state index contributed by atoms with van der Waals surface area (Å²) in [5.74, 6) is -0.847. The van der Waals surface area contributed by atoms with Crippen LogP contribution in [0.3, 0.4) is 0 Å². The number of hydrogen-bond acceptors (Lipinski definition) is 8. The summed E-state index contributed by atoms with van der Waals surface area (Å²) < 4.78 is 60.3. The maximum absolute atomic E-state index is 13.9. The topological polar surface area (TPSA) is 119 Å². The first-order chi connectivity index (χ1) is 17.4. The van der Waals surface area contributed by atoms with Crippen molar-refractivity contribution in [3.63, 3.8) is 0 Å². The van der Waals surface area contributed by atoms with Gasteiger partial charge in [-0.3, -0.25) is 0 Å². The number of rotatable bonds is 6. The van der Waals surface area contributed by atoms with Gasteiger partial charge in [0.25, 0.3) is 10.2 Å². The van der Waals surface area contributed by atoms with Crippen LogP contribution in [0.5, 0.6) is 5.88 Å². The van der Waals surface area contributed by atoms with Gasteiger partial charge >= 0.3 is 12.1 Å². The number of piperazine rings is 1. The lowest BCUT2D eigenvalue weighted by Gasteiger charge is -2.47. The van der Waals surface area contributed by atoms with Crippen LogP contribution in [0.1, 0.15) is 53.4 Å². The minimum absolute atomic E-state index is 0.0890. The highest BCUT2D eigenvalue weighted by Gasteiger charge is 2.63. The number of nitrogens with zero attached hydrogens (tertiary/aromatic N) is 4. The Hall–Kier alpha value is -2.51. The second-order valence-corrected chi connectivity index (χ2v) is 12.4. The van der Waals surface area contributed by atoms with Gasteiger partial charge in [0.15, 0.2) is 5.54 Å². The Morgan fingerprint density at radius 3 is 2.49 bits per heavy atom. The molecule has 0 radical (unpaired) electrons. The van der Waals surface area contributed by atoms with Crippen molar-refractivity contribution in [2.24, 2.45) is 0 Å². The summed E-state index contributed by atoms with van der Waals surface area (Å²) in [4.78, 5) is 31.4. The number of fused-ring (bicyclic) bond motifs is 2. The van der Waals surface area contributed by atoms with Gasteiger partial charge in [0.05, 0.1) is 19.3 Å². The molecular weight excluding hydrogens is 507 g/mol. The number of esters is 1. The van der Waals surface area contributed by atoms with Crippen molar-refractivity contribution >= 4 is 22.3 Å². The second kappa shape index (κ2) is 10.3. The van der Waals surface area contributed by atoms with Crippen molar-refractivity contribution in [3.05, 3.63) is 24.1 Å². The van der Waals surface area contributed by atoms with Crippen LogP contribution in [0.2, 0.25) is 0 Å². The van der Waals surface area contributed by atoms with Crippen molar-refractivity contribution in [3.8, 4) is 5.88 Å². The van der Waals surface area contributed by atoms with Crippen molar-refractivity contribution < 1.29 is 36.6 Å². The van der Waals surface area contributed by atoms with Crippen molar-refractivity contribution in [2.75, 3.05) is 32.8 Å². The lowest BCUT2D eigenvalue weighted by Crippen LogP contribution is -2.69. The molecule has 2 unspecified atom stereocenters. The van der Waals surface area contributed by atoms with Gasteiger partial charge in [-0.2, -0.15) is 17.0 Å². The molecule has 1 aromatic rings. The largest absolute Gasteiger partial charge is 0.474 e. The van der Waals surface area contributed by atoms with Crippen molar-refractivity contribution in [1.29, 1.82) is 0 Å². The minimum atomic E-state index is -4.06. The quantitative estimate of drug-likeness (QED) is 0.503. The van der Waals surface area contributed by atoms with E-state index in [1.807, 2.05) is 0 Å². The van der Waals surface area contributed by atoms with Gasteiger partial charge in [-0.25, -0.2) is 19.0 Å². The molecule has 0 N–H and O–H groups in total. The SMILES string of the molecule is CCOC(=O)C12CCC(CN(C(=O)OC(C)(C)C)C1)N2S(=O)(=O)N1CCC(Oc2ccc(F)cn2)CC1. The first-order valence-electron chi connectivity index (χ1n) is 12.6. The first-order valence-corrected chi connectivity index (χ1v) is 14.0. The normalized spacial score (nSPS) is 25.6. The van der Waals surface area contributed by atoms with Gasteiger partial charge in [0, 0.05) is 31.7 Å². The van der Waals surface area contributed by atoms with Gasteiger partial charge in [0.1, 0.15) is 17.5 Å². The van der Waals surface area contributed by atoms with Gasteiger partial charge < -0.3 is 19.1 Å². The van der Waals surface area contributed by atoms with Crippen LogP contribution in [-0.2, 0) is 24.5 Å². The van der Waals surface area contributed by atoms with Gasteiger partial charge in [0.2, 0.25) is 5.88 Å². The highest BCUT2D eigenvalue weighted by Crippen LogP contribution is 2.43. The number of halogens is 1. The molecule has 13 heteroatoms. The van der Waals surface area contributed by atoms with Gasteiger partial charge in [-0.05, 0) is 59.4 Å². The highest BCUT2D eigenvalue weighted by molar-refractivity contribution is 7.86. The number of hydrogen-bond donors (Lipinski definition) is 0. The van der Waals surface area contributed by atoms with Crippen molar-refractivity contribution in [1.82, 2.24) is 18.5 Å². The lowest BCUT2D eigenvalue weighted by molar-refractivity contribution is -0.157. The number of likely N-dealkylation sites (tertiary alicyclic amines) is 1. The molecule has 0 spiro atoms. The molecule has 0 aromatic carbocycles. The van der Waals surface area contributed by atoms with Crippen LogP contribution in [-0.4, -0.2) is 95.0 Å². The Morgan fingerprint density at radius 2 is 1.89 bits per heavy atom. The maximum atomic E-state index is 13.9. The third kappa shape index (κ3) is 5.68. The molecule has 3 saturated heterocycles. The van der Waals surface area contributed by atoms with E-state index in [1.54, 1.807) is 27.7 Å². The molecule has 3 aliphatic rings. The molecule has 3 aliphatic heterocycles. The van der Waals surface area contributed by atoms with Crippen LogP contribution in [0.4, 0.5) is 9.18 Å². The summed E-state index contributed by atoms with van der Waals surface area (Å²) in [6, 6.07) is 2.11. The van der Waals surface area contributed by atoms with E-state index in [9.17, 15) is 22.4 Å². The molecule has 4 heterocycles. The highest BCUT2D eigenvalue weighted by atomic mass is 32.2. The molecular formula is C24H35FN4O7S. The van der Waals surface area contributed by atoms with E-state index in [4.69, 9.17) is 14.2 Å². The second-order valence-electron chi connectivity index (χ2n) is 10.6. The minimum Gasteiger partial charge on any atom is -0.474 e. The monoisotopic (exact) mass is 542 g/mol. The standard InChI is InChI=1S/C24H35FN4O7S/c1-5-34-21(30)24-11-8-18(15-27(16-24)22(31)36-23(2,3)4)29(24)37(32,33)28-12-9-19(10-13-28)35-20-7-6-17(25)14-26-20/h6-7,14,18-19H,5,8-13,15-16H2,1-4H3. The van der Waals surface area contributed by atoms with Crippen LogP contribution < -0.4 is 4.74 Å². The molecule has 0 aliphatic carbocycles. The molecule has 2 atom stereocenters. The number of aromatic nitrogens is 1. The molecule has 37 heavy (non-hydrogen) atoms. The molecule has 0 saturated carbocycles. The predicted molar refractivity (Wildman–Crippen MR) is 130 cm³/mol. The van der Waals surface area contributed by atoms with Crippen LogP contribution in [0.25, 0.3) is 0 Å². The third-order valence-corrected chi connectivity index (χ3v) is 8.96. The third-order valence-electron chi connectivity index (χ3n) is 6.80. The number of amides is 1. The zero-order valence-corrected chi connectivity index (χ0v) is 22.5. The zero-order chi connectivity index (χ0) is 27.0. The average Bonchev–Trinajstić information content (AvgIpc) is 3.08. The summed E-state index contributed by atoms with van der Waals surface area (Å²) >= 11 is 0. The van der Waals surface area contributed by atoms with Crippen molar-refractivity contribution in [2.45, 2.75) is 76.7 Å². The van der Waals surface area contributed by atoms with Gasteiger partial charge in [-0.1, -0.05) is 0 Å². The fraction of sp³-hybridized carbons (Fsp3) is 0.708. The van der Waals surface area contributed by atoms with E-state index in [2.05, 4.69) is 4.98 Å². The first kappa shape index (κ1) is 27.5. The fourth-order valence-electron chi connectivity index (χ4n) is 5.24. The maximum Gasteiger partial charge on any atom is 0.410 e. The number of carbonyl (C=O) groups is 2. The summed E-state index contributed by atoms with van der Waals surface area (Å²) in [6.07, 6.45) is 1.70. The molecule has 11 nitrogen and oxygen atoms in total. The van der Waals surface area contributed by atoms with E-state index in [-0.39, 0.29) is 51.2 Å². The zero-order valence-electron chi connectivity index (χ0n) is 21.7. The van der Waals surface area contributed by atoms with Gasteiger partial charge in [-0.15, -0.1) is 0 Å². The molecule has 1 amide bonds. The number of ether oxygens (including phenoxy) is 3. The van der Waals surface area contributed by atoms with E-state index in [1.165, 1.54) is 25.6 Å². The number of piperidine rings is 1.